The monoisotopic (exact) mass is 331 g/mol. The Morgan fingerprint density at radius 1 is 1.43 bits per heavy atom. The highest BCUT2D eigenvalue weighted by Gasteiger charge is 2.38. The number of halogens is 4. The first-order chi connectivity index (χ1) is 10.8. The number of benzene rings is 1. The average molecular weight is 331 g/mol. The summed E-state index contributed by atoms with van der Waals surface area (Å²) >= 11 is 0. The minimum Gasteiger partial charge on any atom is -0.329 e. The van der Waals surface area contributed by atoms with Crippen molar-refractivity contribution in [3.05, 3.63) is 48.1 Å². The van der Waals surface area contributed by atoms with Crippen LogP contribution in [0, 0.1) is 5.82 Å². The third-order valence-corrected chi connectivity index (χ3v) is 2.51. The third kappa shape index (κ3) is 3.92. The molecule has 1 amide bonds. The molecule has 0 aliphatic heterocycles. The summed E-state index contributed by atoms with van der Waals surface area (Å²) < 4.78 is 55.1. The molecule has 1 aromatic carbocycles. The van der Waals surface area contributed by atoms with E-state index in [0.717, 1.165) is 12.1 Å². The van der Waals surface area contributed by atoms with Gasteiger partial charge in [-0.05, 0) is 18.2 Å². The highest BCUT2D eigenvalue weighted by molar-refractivity contribution is 5.93. The van der Waals surface area contributed by atoms with Crippen LogP contribution in [0.1, 0.15) is 16.2 Å². The summed E-state index contributed by atoms with van der Waals surface area (Å²) in [5.41, 5.74) is 1.59. The maximum Gasteiger partial charge on any atom is 0.471 e. The highest BCUT2D eigenvalue weighted by atomic mass is 19.4. The summed E-state index contributed by atoms with van der Waals surface area (Å²) in [4.78, 5) is 19.4. The van der Waals surface area contributed by atoms with Gasteiger partial charge < -0.3 is 4.52 Å². The lowest BCUT2D eigenvalue weighted by molar-refractivity contribution is -0.159. The Labute approximate surface area is 126 Å². The smallest absolute Gasteiger partial charge is 0.329 e. The van der Waals surface area contributed by atoms with Gasteiger partial charge in [0.05, 0.1) is 12.2 Å². The fourth-order valence-electron chi connectivity index (χ4n) is 1.51. The van der Waals surface area contributed by atoms with E-state index >= 15 is 0 Å². The van der Waals surface area contributed by atoms with Crippen LogP contribution in [0.5, 0.6) is 0 Å². The maximum atomic E-state index is 14.0. The zero-order valence-electron chi connectivity index (χ0n) is 11.4. The van der Waals surface area contributed by atoms with E-state index in [4.69, 9.17) is 0 Å². The third-order valence-electron chi connectivity index (χ3n) is 2.51. The van der Waals surface area contributed by atoms with Crippen LogP contribution in [0.25, 0.3) is 11.4 Å². The zero-order valence-corrected chi connectivity index (χ0v) is 11.4. The number of rotatable bonds is 5. The van der Waals surface area contributed by atoms with Crippen molar-refractivity contribution < 1.29 is 31.7 Å². The van der Waals surface area contributed by atoms with Crippen molar-refractivity contribution in [3.8, 4) is 11.4 Å². The zero-order chi connectivity index (χ0) is 17.0. The van der Waals surface area contributed by atoms with Gasteiger partial charge >= 0.3 is 12.1 Å². The molecular formula is C13H9F4N3O3. The number of alkyl halides is 3. The van der Waals surface area contributed by atoms with E-state index in [1.165, 1.54) is 12.1 Å². The number of hydrogen-bond donors (Lipinski definition) is 1. The Balaban J connectivity index is 2.21. The minimum atomic E-state index is -4.83. The summed E-state index contributed by atoms with van der Waals surface area (Å²) in [6, 6.07) is 3.04. The van der Waals surface area contributed by atoms with E-state index in [0.29, 0.717) is 0 Å². The van der Waals surface area contributed by atoms with Crippen LogP contribution in [0.15, 0.2) is 35.4 Å². The number of carbonyl (C=O) groups excluding carboxylic acids is 1. The lowest BCUT2D eigenvalue weighted by Gasteiger charge is -2.05. The lowest BCUT2D eigenvalue weighted by atomic mass is 10.1. The molecule has 1 heterocycles. The van der Waals surface area contributed by atoms with E-state index in [1.807, 2.05) is 5.48 Å². The molecule has 0 aliphatic carbocycles. The summed E-state index contributed by atoms with van der Waals surface area (Å²) in [5.74, 6) is -3.89. The number of nitrogens with zero attached hydrogens (tertiary/aromatic N) is 2. The predicted octanol–water partition coefficient (Wildman–Crippen LogP) is 2.74. The molecule has 0 bridgehead atoms. The van der Waals surface area contributed by atoms with Crippen LogP contribution >= 0.6 is 0 Å². The van der Waals surface area contributed by atoms with Crippen molar-refractivity contribution in [2.45, 2.75) is 6.18 Å². The second kappa shape index (κ2) is 6.57. The molecule has 0 radical (unpaired) electrons. The van der Waals surface area contributed by atoms with E-state index < -0.39 is 29.6 Å². The summed E-state index contributed by atoms with van der Waals surface area (Å²) in [5, 5.41) is 3.07. The predicted molar refractivity (Wildman–Crippen MR) is 68.3 cm³/mol. The normalized spacial score (nSPS) is 11.3. The highest BCUT2D eigenvalue weighted by Crippen LogP contribution is 2.30. The Hall–Kier alpha value is -2.75. The number of amides is 1. The van der Waals surface area contributed by atoms with E-state index in [9.17, 15) is 22.4 Å². The van der Waals surface area contributed by atoms with Gasteiger partial charge in [0.2, 0.25) is 5.82 Å². The molecule has 0 saturated carbocycles. The van der Waals surface area contributed by atoms with Crippen LogP contribution in [-0.2, 0) is 11.0 Å². The maximum absolute atomic E-state index is 14.0. The van der Waals surface area contributed by atoms with Crippen molar-refractivity contribution >= 4 is 5.91 Å². The van der Waals surface area contributed by atoms with Crippen molar-refractivity contribution in [2.24, 2.45) is 0 Å². The van der Waals surface area contributed by atoms with Crippen LogP contribution in [-0.4, -0.2) is 22.7 Å². The first kappa shape index (κ1) is 16.6. The molecule has 23 heavy (non-hydrogen) atoms. The quantitative estimate of drug-likeness (QED) is 0.394. The molecule has 1 N–H and O–H groups in total. The molecule has 1 aromatic heterocycles. The largest absolute Gasteiger partial charge is 0.471 e. The minimum absolute atomic E-state index is 0.0510. The molecule has 0 unspecified atom stereocenters. The van der Waals surface area contributed by atoms with Crippen molar-refractivity contribution in [3.63, 3.8) is 0 Å². The van der Waals surface area contributed by atoms with Crippen LogP contribution in [0.3, 0.4) is 0 Å². The van der Waals surface area contributed by atoms with Gasteiger partial charge in [-0.3, -0.25) is 9.63 Å². The first-order valence-corrected chi connectivity index (χ1v) is 6.06. The molecule has 0 spiro atoms. The summed E-state index contributed by atoms with van der Waals surface area (Å²) in [6.45, 7) is 3.42. The van der Waals surface area contributed by atoms with Gasteiger partial charge in [-0.15, -0.1) is 6.58 Å². The molecule has 0 fully saturated rings. The van der Waals surface area contributed by atoms with Gasteiger partial charge in [0.15, 0.2) is 0 Å². The Kier molecular flexibility index (Phi) is 4.74. The molecule has 0 atom stereocenters. The van der Waals surface area contributed by atoms with Gasteiger partial charge in [0.1, 0.15) is 5.82 Å². The van der Waals surface area contributed by atoms with Gasteiger partial charge in [0.25, 0.3) is 5.91 Å². The topological polar surface area (TPSA) is 77.2 Å². The molecular weight excluding hydrogens is 322 g/mol. The fourth-order valence-corrected chi connectivity index (χ4v) is 1.51. The van der Waals surface area contributed by atoms with Gasteiger partial charge in [-0.25, -0.2) is 9.87 Å². The molecule has 0 saturated heterocycles. The van der Waals surface area contributed by atoms with Crippen LogP contribution < -0.4 is 5.48 Å². The van der Waals surface area contributed by atoms with E-state index in [1.54, 1.807) is 0 Å². The number of nitrogens with one attached hydrogen (secondary N) is 1. The molecule has 6 nitrogen and oxygen atoms in total. The Morgan fingerprint density at radius 2 is 2.17 bits per heavy atom. The van der Waals surface area contributed by atoms with Crippen molar-refractivity contribution in [2.75, 3.05) is 6.61 Å². The Bertz CT molecular complexity index is 727. The number of carbonyl (C=O) groups is 1. The van der Waals surface area contributed by atoms with Gasteiger partial charge in [-0.2, -0.15) is 18.2 Å². The van der Waals surface area contributed by atoms with Crippen LogP contribution in [0.4, 0.5) is 17.6 Å². The Morgan fingerprint density at radius 3 is 2.74 bits per heavy atom. The van der Waals surface area contributed by atoms with E-state index in [-0.39, 0.29) is 17.7 Å². The molecule has 10 heteroatoms. The van der Waals surface area contributed by atoms with Gasteiger partial charge in [0, 0.05) is 5.56 Å². The van der Waals surface area contributed by atoms with Crippen LogP contribution in [0.2, 0.25) is 0 Å². The second-order valence-corrected chi connectivity index (χ2v) is 4.15. The van der Waals surface area contributed by atoms with Gasteiger partial charge in [-0.1, -0.05) is 11.2 Å². The molecule has 0 aliphatic rings. The molecule has 2 aromatic rings. The average Bonchev–Trinajstić information content (AvgIpc) is 2.97. The number of aromatic nitrogens is 2. The SMILES string of the molecule is C=CCONC(=O)c1ccc(-c2noc(C(F)(F)F)n2)c(F)c1. The van der Waals surface area contributed by atoms with Crippen molar-refractivity contribution in [1.82, 2.24) is 15.6 Å². The first-order valence-electron chi connectivity index (χ1n) is 6.06. The standard InChI is InChI=1S/C13H9F4N3O3/c1-2-5-22-20-11(21)7-3-4-8(9(14)6-7)10-18-12(23-19-10)13(15,16)17/h2-4,6H,1,5H2,(H,20,21). The fraction of sp³-hybridized carbons (Fsp3) is 0.154. The summed E-state index contributed by atoms with van der Waals surface area (Å²) in [7, 11) is 0. The molecule has 2 rings (SSSR count). The second-order valence-electron chi connectivity index (χ2n) is 4.15. The van der Waals surface area contributed by atoms with E-state index in [2.05, 4.69) is 26.1 Å². The number of hydrogen-bond acceptors (Lipinski definition) is 5. The lowest BCUT2D eigenvalue weighted by Crippen LogP contribution is -2.23. The summed E-state index contributed by atoms with van der Waals surface area (Å²) in [6.07, 6.45) is -3.44. The number of hydroxylamine groups is 1. The van der Waals surface area contributed by atoms with Crippen molar-refractivity contribution in [1.29, 1.82) is 0 Å². The molecule has 122 valence electrons.